The maximum Gasteiger partial charge on any atom is 0.0831 e. The first-order valence-corrected chi connectivity index (χ1v) is 11.9. The summed E-state index contributed by atoms with van der Waals surface area (Å²) in [5.74, 6) is 0. The summed E-state index contributed by atoms with van der Waals surface area (Å²) in [5.41, 5.74) is 6.67. The number of rotatable bonds is 5. The van der Waals surface area contributed by atoms with E-state index in [1.165, 1.54) is 16.5 Å². The molecule has 3 nitrogen and oxygen atoms in total. The molecule has 1 heterocycles. The van der Waals surface area contributed by atoms with E-state index in [0.717, 1.165) is 34.5 Å². The van der Waals surface area contributed by atoms with Gasteiger partial charge in [0.2, 0.25) is 0 Å². The van der Waals surface area contributed by atoms with Crippen molar-refractivity contribution in [3.8, 4) is 0 Å². The van der Waals surface area contributed by atoms with Crippen LogP contribution in [0.4, 0.5) is 11.4 Å². The number of benzene rings is 5. The molecule has 3 heteroatoms. The number of hydrogen-bond donors (Lipinski definition) is 0. The smallest absolute Gasteiger partial charge is 0.0831 e. The third-order valence-corrected chi connectivity index (χ3v) is 6.48. The highest BCUT2D eigenvalue weighted by Crippen LogP contribution is 2.36. The zero-order valence-electron chi connectivity index (χ0n) is 19.3. The molecule has 0 saturated carbocycles. The Kier molecular flexibility index (Phi) is 5.65. The molecule has 1 unspecified atom stereocenters. The fourth-order valence-electron chi connectivity index (χ4n) is 4.67. The van der Waals surface area contributed by atoms with E-state index in [-0.39, 0.29) is 6.04 Å². The maximum absolute atomic E-state index is 5.06. The highest BCUT2D eigenvalue weighted by atomic mass is 15.5. The summed E-state index contributed by atoms with van der Waals surface area (Å²) in [6.45, 7) is 0. The predicted octanol–water partition coefficient (Wildman–Crippen LogP) is 7.95. The van der Waals surface area contributed by atoms with Crippen molar-refractivity contribution in [1.82, 2.24) is 0 Å². The summed E-state index contributed by atoms with van der Waals surface area (Å²) in [7, 11) is 0. The minimum atomic E-state index is 0.168. The van der Waals surface area contributed by atoms with Crippen LogP contribution >= 0.6 is 0 Å². The molecule has 0 aromatic heterocycles. The Hall–Kier alpha value is -4.50. The van der Waals surface area contributed by atoms with Crippen LogP contribution in [0.25, 0.3) is 10.8 Å². The minimum Gasteiger partial charge on any atom is -0.257 e. The Morgan fingerprint density at radius 1 is 0.686 bits per heavy atom. The second kappa shape index (κ2) is 9.40. The van der Waals surface area contributed by atoms with Gasteiger partial charge < -0.3 is 0 Å². The Balaban J connectivity index is 1.30. The molecular formula is C32H25N3. The minimum absolute atomic E-state index is 0.168. The largest absolute Gasteiger partial charge is 0.257 e. The van der Waals surface area contributed by atoms with Crippen LogP contribution in [0.1, 0.15) is 29.2 Å². The van der Waals surface area contributed by atoms with Gasteiger partial charge in [-0.3, -0.25) is 10.0 Å². The molecule has 6 rings (SSSR count). The van der Waals surface area contributed by atoms with Gasteiger partial charge in [-0.1, -0.05) is 109 Å². The fraction of sp³-hybridized carbons (Fsp3) is 0.0625. The van der Waals surface area contributed by atoms with Crippen LogP contribution in [0, 0.1) is 0 Å². The van der Waals surface area contributed by atoms with Crippen molar-refractivity contribution in [1.29, 1.82) is 0 Å². The molecular weight excluding hydrogens is 426 g/mol. The average molecular weight is 452 g/mol. The first-order chi connectivity index (χ1) is 17.3. The lowest BCUT2D eigenvalue weighted by Crippen LogP contribution is -2.18. The second-order valence-corrected chi connectivity index (χ2v) is 8.74. The molecule has 1 atom stereocenters. The van der Waals surface area contributed by atoms with Crippen molar-refractivity contribution in [2.45, 2.75) is 12.5 Å². The van der Waals surface area contributed by atoms with Gasteiger partial charge in [0.05, 0.1) is 23.1 Å². The lowest BCUT2D eigenvalue weighted by atomic mass is 9.98. The summed E-state index contributed by atoms with van der Waals surface area (Å²) in [6.07, 6.45) is 2.81. The average Bonchev–Trinajstić information content (AvgIpc) is 3.39. The third-order valence-electron chi connectivity index (χ3n) is 6.48. The van der Waals surface area contributed by atoms with Crippen molar-refractivity contribution < 1.29 is 0 Å². The summed E-state index contributed by atoms with van der Waals surface area (Å²) >= 11 is 0. The second-order valence-electron chi connectivity index (χ2n) is 8.74. The molecule has 0 fully saturated rings. The van der Waals surface area contributed by atoms with Gasteiger partial charge in [0.25, 0.3) is 0 Å². The van der Waals surface area contributed by atoms with Gasteiger partial charge >= 0.3 is 0 Å². The van der Waals surface area contributed by atoms with Gasteiger partial charge in [-0.25, -0.2) is 0 Å². The van der Waals surface area contributed by atoms with E-state index in [1.807, 2.05) is 12.3 Å². The van der Waals surface area contributed by atoms with E-state index < -0.39 is 0 Å². The molecule has 5 aromatic rings. The predicted molar refractivity (Wildman–Crippen MR) is 147 cm³/mol. The van der Waals surface area contributed by atoms with Gasteiger partial charge in [-0.05, 0) is 40.3 Å². The van der Waals surface area contributed by atoms with Crippen molar-refractivity contribution in [3.63, 3.8) is 0 Å². The molecule has 0 aliphatic carbocycles. The molecule has 1 aliphatic heterocycles. The normalized spacial score (nSPS) is 15.6. The molecule has 5 aromatic carbocycles. The number of hydrogen-bond acceptors (Lipinski definition) is 3. The summed E-state index contributed by atoms with van der Waals surface area (Å²) < 4.78 is 0. The fourth-order valence-corrected chi connectivity index (χ4v) is 4.67. The third kappa shape index (κ3) is 4.36. The first-order valence-electron chi connectivity index (χ1n) is 11.9. The van der Waals surface area contributed by atoms with Crippen LogP contribution < -0.4 is 5.01 Å². The summed E-state index contributed by atoms with van der Waals surface area (Å²) in [6, 6.07) is 44.3. The van der Waals surface area contributed by atoms with E-state index in [1.54, 1.807) is 0 Å². The summed E-state index contributed by atoms with van der Waals surface area (Å²) in [5, 5.41) is 9.58. The van der Waals surface area contributed by atoms with Crippen LogP contribution in [-0.4, -0.2) is 11.9 Å². The number of aliphatic imine (C=N–C) groups is 1. The first kappa shape index (κ1) is 21.1. The Labute approximate surface area is 205 Å². The van der Waals surface area contributed by atoms with Crippen molar-refractivity contribution in [2.75, 3.05) is 5.01 Å². The van der Waals surface area contributed by atoms with Gasteiger partial charge in [-0.15, -0.1) is 0 Å². The van der Waals surface area contributed by atoms with Gasteiger partial charge in [-0.2, -0.15) is 5.10 Å². The number of anilines is 1. The highest BCUT2D eigenvalue weighted by Gasteiger charge is 2.29. The highest BCUT2D eigenvalue weighted by molar-refractivity contribution is 6.03. The van der Waals surface area contributed by atoms with E-state index in [2.05, 4.69) is 126 Å². The van der Waals surface area contributed by atoms with Gasteiger partial charge in [0.15, 0.2) is 0 Å². The molecule has 168 valence electrons. The van der Waals surface area contributed by atoms with Crippen molar-refractivity contribution in [2.24, 2.45) is 10.1 Å². The standard InChI is InChI=1S/C32H25N3/c1-3-11-26(12-4-1)31-22-32(27-13-5-2-6-14-27)35(34-31)28-20-18-24(19-21-28)23-33-30-17-9-15-25-10-7-8-16-29(25)30/h1-21,23,32H,22H2. The lowest BCUT2D eigenvalue weighted by molar-refractivity contribution is 0.709. The van der Waals surface area contributed by atoms with Gasteiger partial charge in [0, 0.05) is 18.0 Å². The Morgan fingerprint density at radius 2 is 1.37 bits per heavy atom. The number of hydrazone groups is 1. The van der Waals surface area contributed by atoms with Crippen LogP contribution in [0.15, 0.2) is 137 Å². The van der Waals surface area contributed by atoms with Crippen LogP contribution in [0.5, 0.6) is 0 Å². The van der Waals surface area contributed by atoms with Crippen LogP contribution in [-0.2, 0) is 0 Å². The molecule has 0 spiro atoms. The van der Waals surface area contributed by atoms with E-state index >= 15 is 0 Å². The quantitative estimate of drug-likeness (QED) is 0.249. The maximum atomic E-state index is 5.06. The van der Waals surface area contributed by atoms with Crippen molar-refractivity contribution in [3.05, 3.63) is 144 Å². The zero-order chi connectivity index (χ0) is 23.5. The number of fused-ring (bicyclic) bond motifs is 1. The molecule has 35 heavy (non-hydrogen) atoms. The monoisotopic (exact) mass is 451 g/mol. The molecule has 0 bridgehead atoms. The lowest BCUT2D eigenvalue weighted by Gasteiger charge is -2.24. The molecule has 1 aliphatic rings. The number of nitrogens with zero attached hydrogens (tertiary/aromatic N) is 3. The summed E-state index contributed by atoms with van der Waals surface area (Å²) in [4.78, 5) is 4.78. The van der Waals surface area contributed by atoms with Crippen LogP contribution in [0.2, 0.25) is 0 Å². The van der Waals surface area contributed by atoms with E-state index in [0.29, 0.717) is 0 Å². The molecule has 0 saturated heterocycles. The Bertz CT molecular complexity index is 1500. The van der Waals surface area contributed by atoms with Crippen molar-refractivity contribution >= 4 is 34.1 Å². The zero-order valence-corrected chi connectivity index (χ0v) is 19.3. The SMILES string of the molecule is C(=Nc1cccc2ccccc12)c1ccc(N2N=C(c3ccccc3)CC2c2ccccc2)cc1. The molecule has 0 N–H and O–H groups in total. The molecule has 0 amide bonds. The topological polar surface area (TPSA) is 28.0 Å². The molecule has 0 radical (unpaired) electrons. The van der Waals surface area contributed by atoms with Crippen LogP contribution in [0.3, 0.4) is 0 Å². The van der Waals surface area contributed by atoms with Gasteiger partial charge in [0.1, 0.15) is 0 Å². The van der Waals surface area contributed by atoms with E-state index in [4.69, 9.17) is 10.1 Å². The van der Waals surface area contributed by atoms with E-state index in [9.17, 15) is 0 Å². The Morgan fingerprint density at radius 3 is 2.17 bits per heavy atom.